The van der Waals surface area contributed by atoms with Crippen molar-refractivity contribution >= 4 is 11.8 Å². The normalized spacial score (nSPS) is 7.47. The van der Waals surface area contributed by atoms with Gasteiger partial charge in [0.1, 0.15) is 0 Å². The molecule has 0 rings (SSSR count). The van der Waals surface area contributed by atoms with Crippen LogP contribution in [0.5, 0.6) is 0 Å². The summed E-state index contributed by atoms with van der Waals surface area (Å²) in [5.41, 5.74) is 0. The molecule has 0 amide bonds. The molecule has 0 radical (unpaired) electrons. The van der Waals surface area contributed by atoms with Crippen LogP contribution in [0.3, 0.4) is 0 Å². The first-order valence-electron chi connectivity index (χ1n) is 4.14. The average molecular weight is 210 g/mol. The third-order valence-corrected chi connectivity index (χ3v) is 1.77. The topological polar surface area (TPSA) is 0 Å². The van der Waals surface area contributed by atoms with Gasteiger partial charge in [-0.3, -0.25) is 0 Å². The zero-order valence-electron chi connectivity index (χ0n) is 8.77. The number of allylic oxidation sites excluding steroid dienone is 3. The summed E-state index contributed by atoms with van der Waals surface area (Å²) in [6.45, 7) is 5.21. The largest absolute Gasteiger partial charge is 0.120 e. The van der Waals surface area contributed by atoms with E-state index in [0.29, 0.717) is 0 Å². The van der Waals surface area contributed by atoms with E-state index in [1.807, 2.05) is 6.26 Å². The van der Waals surface area contributed by atoms with Gasteiger partial charge in [0.2, 0.25) is 0 Å². The molecular weight excluding hydrogens is 200 g/mol. The number of thioether (sulfide) groups is 1. The highest BCUT2D eigenvalue weighted by atomic mass is 32.2. The quantitative estimate of drug-likeness (QED) is 0.599. The minimum atomic E-state index is 0.880. The Kier molecular flexibility index (Phi) is 8.85. The second-order valence-electron chi connectivity index (χ2n) is 2.08. The lowest BCUT2D eigenvalue weighted by atomic mass is 10.4. The van der Waals surface area contributed by atoms with Crippen LogP contribution in [0.4, 0.5) is 0 Å². The fraction of sp³-hybridized carbons (Fsp3) is 0.143. The fourth-order valence-electron chi connectivity index (χ4n) is 0.526. The Morgan fingerprint density at radius 1 is 1.13 bits per heavy atom. The Morgan fingerprint density at radius 3 is 2.47 bits per heavy atom. The second kappa shape index (κ2) is 10.2. The predicted molar refractivity (Wildman–Crippen MR) is 68.6 cm³/mol. The molecule has 72 valence electrons. The molecule has 0 aromatic heterocycles. The van der Waals surface area contributed by atoms with Crippen molar-refractivity contribution in [2.24, 2.45) is 0 Å². The second-order valence-corrected chi connectivity index (χ2v) is 2.93. The van der Waals surface area contributed by atoms with Gasteiger partial charge >= 0.3 is 0 Å². The third kappa shape index (κ3) is 8.40. The number of hydrogen-bond acceptors (Lipinski definition) is 1. The Labute approximate surface area is 96.2 Å². The van der Waals surface area contributed by atoms with Gasteiger partial charge in [0, 0.05) is 6.08 Å². The summed E-state index contributed by atoms with van der Waals surface area (Å²) >= 11 is 1.53. The molecule has 0 aromatic carbocycles. The highest BCUT2D eigenvalue weighted by Gasteiger charge is 1.83. The number of rotatable bonds is 1. The van der Waals surface area contributed by atoms with E-state index in [-0.39, 0.29) is 0 Å². The van der Waals surface area contributed by atoms with Crippen LogP contribution in [-0.2, 0) is 0 Å². The highest BCUT2D eigenvalue weighted by Crippen LogP contribution is 2.08. The van der Waals surface area contributed by atoms with E-state index in [9.17, 15) is 0 Å². The van der Waals surface area contributed by atoms with E-state index in [1.54, 1.807) is 13.0 Å². The Morgan fingerprint density at radius 2 is 1.87 bits per heavy atom. The van der Waals surface area contributed by atoms with Gasteiger partial charge in [-0.15, -0.1) is 11.8 Å². The first-order chi connectivity index (χ1) is 7.35. The Hall–Kier alpha value is -1.93. The molecule has 0 fully saturated rings. The lowest BCUT2D eigenvalue weighted by Gasteiger charge is -1.85. The first kappa shape index (κ1) is 13.1. The van der Waals surface area contributed by atoms with Crippen LogP contribution in [0.25, 0.3) is 0 Å². The van der Waals surface area contributed by atoms with Gasteiger partial charge in [-0.1, -0.05) is 24.3 Å². The van der Waals surface area contributed by atoms with E-state index < -0.39 is 0 Å². The molecular formula is C14H10S. The van der Waals surface area contributed by atoms with Gasteiger partial charge < -0.3 is 0 Å². The maximum atomic E-state index is 3.46. The van der Waals surface area contributed by atoms with E-state index in [2.05, 4.69) is 53.9 Å². The number of hydrogen-bond donors (Lipinski definition) is 0. The summed E-state index contributed by atoms with van der Waals surface area (Å²) in [6.07, 6.45) is 5.17. The predicted octanol–water partition coefficient (Wildman–Crippen LogP) is 2.45. The van der Waals surface area contributed by atoms with Crippen LogP contribution in [0, 0.1) is 47.4 Å². The molecule has 0 heterocycles. The maximum absolute atomic E-state index is 3.46. The molecule has 0 atom stereocenters. The highest BCUT2D eigenvalue weighted by molar-refractivity contribution is 8.02. The summed E-state index contributed by atoms with van der Waals surface area (Å²) in [7, 11) is 0. The summed E-state index contributed by atoms with van der Waals surface area (Å²) < 4.78 is 0. The van der Waals surface area contributed by atoms with Crippen molar-refractivity contribution in [2.45, 2.75) is 6.92 Å². The summed E-state index contributed by atoms with van der Waals surface area (Å²) in [5.74, 6) is 21.7. The van der Waals surface area contributed by atoms with Gasteiger partial charge in [0.25, 0.3) is 0 Å². The van der Waals surface area contributed by atoms with Crippen LogP contribution >= 0.6 is 11.8 Å². The summed E-state index contributed by atoms with van der Waals surface area (Å²) in [5, 5.41) is 0. The molecule has 0 aliphatic rings. The van der Waals surface area contributed by atoms with E-state index in [4.69, 9.17) is 0 Å². The molecule has 0 aromatic rings. The van der Waals surface area contributed by atoms with Crippen molar-refractivity contribution in [3.05, 3.63) is 23.6 Å². The van der Waals surface area contributed by atoms with Crippen molar-refractivity contribution in [1.82, 2.24) is 0 Å². The smallest absolute Gasteiger partial charge is 0.0665 e. The van der Waals surface area contributed by atoms with Crippen LogP contribution in [0.15, 0.2) is 23.6 Å². The lowest BCUT2D eigenvalue weighted by Crippen LogP contribution is -1.67. The van der Waals surface area contributed by atoms with E-state index in [1.165, 1.54) is 17.8 Å². The molecule has 0 spiro atoms. The molecule has 0 saturated carbocycles. The van der Waals surface area contributed by atoms with Crippen LogP contribution in [-0.4, -0.2) is 6.26 Å². The molecule has 0 bridgehead atoms. The van der Waals surface area contributed by atoms with Crippen molar-refractivity contribution in [2.75, 3.05) is 6.26 Å². The van der Waals surface area contributed by atoms with Gasteiger partial charge in [0.05, 0.1) is 4.91 Å². The van der Waals surface area contributed by atoms with Crippen molar-refractivity contribution < 1.29 is 0 Å². The standard InChI is InChI=1S/C14H10S/c1-4-6-8-9-11-13-14(15-3)12-10-7-5-2/h4,13H,1H2,2-3H3/b14-13-. The van der Waals surface area contributed by atoms with Gasteiger partial charge in [-0.2, -0.15) is 0 Å². The molecule has 0 N–H and O–H groups in total. The van der Waals surface area contributed by atoms with Gasteiger partial charge in [0.15, 0.2) is 0 Å². The zero-order chi connectivity index (χ0) is 11.4. The minimum Gasteiger partial charge on any atom is -0.120 e. The first-order valence-corrected chi connectivity index (χ1v) is 5.36. The zero-order valence-corrected chi connectivity index (χ0v) is 9.59. The Balaban J connectivity index is 4.58. The molecule has 1 heteroatoms. The molecule has 0 saturated heterocycles. The molecule has 0 nitrogen and oxygen atoms in total. The molecule has 0 aliphatic heterocycles. The third-order valence-electron chi connectivity index (χ3n) is 1.11. The van der Waals surface area contributed by atoms with Crippen molar-refractivity contribution in [1.29, 1.82) is 0 Å². The van der Waals surface area contributed by atoms with E-state index >= 15 is 0 Å². The van der Waals surface area contributed by atoms with Crippen LogP contribution in [0.1, 0.15) is 6.92 Å². The van der Waals surface area contributed by atoms with E-state index in [0.717, 1.165) is 4.91 Å². The van der Waals surface area contributed by atoms with Crippen molar-refractivity contribution in [3.63, 3.8) is 0 Å². The van der Waals surface area contributed by atoms with Gasteiger partial charge in [-0.05, 0) is 48.9 Å². The molecule has 0 aliphatic carbocycles. The maximum Gasteiger partial charge on any atom is 0.0665 e. The summed E-state index contributed by atoms with van der Waals surface area (Å²) in [6, 6.07) is 0. The van der Waals surface area contributed by atoms with Crippen LogP contribution in [0.2, 0.25) is 0 Å². The monoisotopic (exact) mass is 210 g/mol. The summed E-state index contributed by atoms with van der Waals surface area (Å²) in [4.78, 5) is 0.880. The SMILES string of the molecule is C=CC#CC#C/C=C(/C#CC#CC)SC. The van der Waals surface area contributed by atoms with Gasteiger partial charge in [-0.25, -0.2) is 0 Å². The molecule has 0 unspecified atom stereocenters. The fourth-order valence-corrected chi connectivity index (χ4v) is 0.856. The Bertz CT molecular complexity index is 476. The average Bonchev–Trinajstić information content (AvgIpc) is 2.26. The van der Waals surface area contributed by atoms with Crippen molar-refractivity contribution in [3.8, 4) is 47.4 Å². The minimum absolute atomic E-state index is 0.880. The lowest BCUT2D eigenvalue weighted by molar-refractivity contribution is 1.92. The molecule has 15 heavy (non-hydrogen) atoms. The van der Waals surface area contributed by atoms with Crippen LogP contribution < -0.4 is 0 Å².